The first-order chi connectivity index (χ1) is 8.96. The second-order valence-corrected chi connectivity index (χ2v) is 9.54. The lowest BCUT2D eigenvalue weighted by Crippen LogP contribution is -2.50. The highest BCUT2D eigenvalue weighted by atomic mass is 19.1. The fraction of sp³-hybridized carbons (Fsp3) is 0.895. The van der Waals surface area contributed by atoms with Gasteiger partial charge in [-0.1, -0.05) is 60.1 Å². The standard InChI is InChI=1S/C19H33F/c1-17(2,3)15-9-8-13-12-14(20)10-11-19(13,7)16(15)18(4,5)6/h8,14-16H,9-12H2,1-7H3/t14-,15?,16?,19-/m0/s1. The summed E-state index contributed by atoms with van der Waals surface area (Å²) in [5, 5.41) is 0. The molecule has 1 heteroatoms. The summed E-state index contributed by atoms with van der Waals surface area (Å²) in [6, 6.07) is 0. The normalized spacial score (nSPS) is 39.2. The molecule has 0 aromatic heterocycles. The molecule has 116 valence electrons. The fourth-order valence-corrected chi connectivity index (χ4v) is 5.12. The van der Waals surface area contributed by atoms with Crippen molar-refractivity contribution in [3.8, 4) is 0 Å². The van der Waals surface area contributed by atoms with Gasteiger partial charge in [-0.25, -0.2) is 4.39 Å². The number of rotatable bonds is 0. The Morgan fingerprint density at radius 2 is 1.70 bits per heavy atom. The van der Waals surface area contributed by atoms with E-state index in [1.807, 2.05) is 0 Å². The molecule has 0 N–H and O–H groups in total. The topological polar surface area (TPSA) is 0 Å². The lowest BCUT2D eigenvalue weighted by molar-refractivity contribution is -0.0362. The maximum absolute atomic E-state index is 13.8. The third kappa shape index (κ3) is 2.70. The van der Waals surface area contributed by atoms with Crippen LogP contribution in [0.5, 0.6) is 0 Å². The first kappa shape index (κ1) is 16.0. The van der Waals surface area contributed by atoms with Gasteiger partial charge in [-0.2, -0.15) is 0 Å². The molecule has 0 radical (unpaired) electrons. The van der Waals surface area contributed by atoms with Crippen molar-refractivity contribution in [2.75, 3.05) is 0 Å². The smallest absolute Gasteiger partial charge is 0.104 e. The lowest BCUT2D eigenvalue weighted by Gasteiger charge is -2.58. The molecule has 0 aliphatic heterocycles. The van der Waals surface area contributed by atoms with Crippen LogP contribution in [0.3, 0.4) is 0 Å². The van der Waals surface area contributed by atoms with Gasteiger partial charge in [-0.05, 0) is 47.3 Å². The highest BCUT2D eigenvalue weighted by Gasteiger charge is 2.53. The van der Waals surface area contributed by atoms with E-state index in [9.17, 15) is 4.39 Å². The van der Waals surface area contributed by atoms with Gasteiger partial charge in [0.05, 0.1) is 0 Å². The maximum Gasteiger partial charge on any atom is 0.104 e. The van der Waals surface area contributed by atoms with E-state index >= 15 is 0 Å². The number of alkyl halides is 1. The summed E-state index contributed by atoms with van der Waals surface area (Å²) in [6.07, 6.45) is 5.36. The average Bonchev–Trinajstić information content (AvgIpc) is 2.25. The summed E-state index contributed by atoms with van der Waals surface area (Å²) in [4.78, 5) is 0. The van der Waals surface area contributed by atoms with Crippen molar-refractivity contribution in [3.05, 3.63) is 11.6 Å². The van der Waals surface area contributed by atoms with E-state index in [1.54, 1.807) is 0 Å². The summed E-state index contributed by atoms with van der Waals surface area (Å²) >= 11 is 0. The molecule has 0 spiro atoms. The van der Waals surface area contributed by atoms with Crippen LogP contribution in [0, 0.1) is 28.1 Å². The minimum Gasteiger partial charge on any atom is -0.247 e. The van der Waals surface area contributed by atoms with E-state index in [1.165, 1.54) is 5.57 Å². The lowest BCUT2D eigenvalue weighted by atomic mass is 9.47. The minimum absolute atomic E-state index is 0.205. The molecule has 2 rings (SSSR count). The van der Waals surface area contributed by atoms with Crippen LogP contribution in [0.25, 0.3) is 0 Å². The Hall–Kier alpha value is -0.330. The Labute approximate surface area is 125 Å². The molecule has 0 aromatic carbocycles. The summed E-state index contributed by atoms with van der Waals surface area (Å²) in [5.74, 6) is 1.33. The molecule has 1 saturated carbocycles. The third-order valence-corrected chi connectivity index (χ3v) is 5.90. The molecule has 20 heavy (non-hydrogen) atoms. The zero-order valence-corrected chi connectivity index (χ0v) is 14.5. The first-order valence-electron chi connectivity index (χ1n) is 8.30. The van der Waals surface area contributed by atoms with Gasteiger partial charge in [-0.3, -0.25) is 0 Å². The van der Waals surface area contributed by atoms with Gasteiger partial charge in [-0.15, -0.1) is 0 Å². The summed E-state index contributed by atoms with van der Waals surface area (Å²) < 4.78 is 13.8. The molecule has 4 atom stereocenters. The van der Waals surface area contributed by atoms with E-state index in [-0.39, 0.29) is 10.8 Å². The second kappa shape index (κ2) is 4.85. The predicted octanol–water partition coefficient (Wildman–Crippen LogP) is 6.17. The van der Waals surface area contributed by atoms with E-state index in [0.717, 1.165) is 19.3 Å². The van der Waals surface area contributed by atoms with Crippen LogP contribution in [-0.2, 0) is 0 Å². The van der Waals surface area contributed by atoms with Gasteiger partial charge in [0.1, 0.15) is 6.17 Å². The molecule has 0 aromatic rings. The van der Waals surface area contributed by atoms with Crippen LogP contribution in [0.4, 0.5) is 4.39 Å². The molecule has 0 amide bonds. The summed E-state index contributed by atoms with van der Waals surface area (Å²) in [6.45, 7) is 16.7. The van der Waals surface area contributed by atoms with E-state index in [0.29, 0.717) is 23.7 Å². The SMILES string of the molecule is CC(C)(C)C1CC=C2C[C@@H](F)CC[C@]2(C)C1C(C)(C)C. The molecule has 0 bridgehead atoms. The van der Waals surface area contributed by atoms with Gasteiger partial charge in [0.2, 0.25) is 0 Å². The maximum atomic E-state index is 13.8. The Morgan fingerprint density at radius 1 is 1.10 bits per heavy atom. The van der Waals surface area contributed by atoms with Crippen LogP contribution < -0.4 is 0 Å². The molecule has 0 heterocycles. The van der Waals surface area contributed by atoms with Gasteiger partial charge in [0.15, 0.2) is 0 Å². The average molecular weight is 280 g/mol. The first-order valence-corrected chi connectivity index (χ1v) is 8.30. The number of fused-ring (bicyclic) bond motifs is 1. The minimum atomic E-state index is -0.610. The zero-order valence-electron chi connectivity index (χ0n) is 14.5. The monoisotopic (exact) mass is 280 g/mol. The van der Waals surface area contributed by atoms with Crippen molar-refractivity contribution in [1.82, 2.24) is 0 Å². The van der Waals surface area contributed by atoms with Crippen molar-refractivity contribution in [3.63, 3.8) is 0 Å². The van der Waals surface area contributed by atoms with Crippen molar-refractivity contribution in [1.29, 1.82) is 0 Å². The number of hydrogen-bond acceptors (Lipinski definition) is 0. The molecule has 0 saturated heterocycles. The van der Waals surface area contributed by atoms with E-state index in [4.69, 9.17) is 0 Å². The number of halogens is 1. The van der Waals surface area contributed by atoms with Gasteiger partial charge in [0.25, 0.3) is 0 Å². The van der Waals surface area contributed by atoms with Crippen molar-refractivity contribution in [2.45, 2.75) is 80.3 Å². The molecular formula is C19H33F. The van der Waals surface area contributed by atoms with E-state index < -0.39 is 6.17 Å². The third-order valence-electron chi connectivity index (χ3n) is 5.90. The van der Waals surface area contributed by atoms with Gasteiger partial charge in [0, 0.05) is 6.42 Å². The fourth-order valence-electron chi connectivity index (χ4n) is 5.12. The highest BCUT2D eigenvalue weighted by Crippen LogP contribution is 2.61. The second-order valence-electron chi connectivity index (χ2n) is 9.54. The predicted molar refractivity (Wildman–Crippen MR) is 85.4 cm³/mol. The van der Waals surface area contributed by atoms with Crippen LogP contribution in [0.2, 0.25) is 0 Å². The molecule has 0 nitrogen and oxygen atoms in total. The number of allylic oxidation sites excluding steroid dienone is 2. The van der Waals surface area contributed by atoms with Crippen LogP contribution in [0.1, 0.15) is 74.1 Å². The van der Waals surface area contributed by atoms with Gasteiger partial charge >= 0.3 is 0 Å². The van der Waals surface area contributed by atoms with Gasteiger partial charge < -0.3 is 0 Å². The van der Waals surface area contributed by atoms with Crippen molar-refractivity contribution in [2.24, 2.45) is 28.1 Å². The Bertz CT molecular complexity index is 393. The molecular weight excluding hydrogens is 247 g/mol. The Kier molecular flexibility index (Phi) is 3.89. The van der Waals surface area contributed by atoms with Crippen molar-refractivity contribution >= 4 is 0 Å². The van der Waals surface area contributed by atoms with Crippen LogP contribution in [0.15, 0.2) is 11.6 Å². The highest BCUT2D eigenvalue weighted by molar-refractivity contribution is 5.25. The summed E-state index contributed by atoms with van der Waals surface area (Å²) in [5.41, 5.74) is 2.21. The van der Waals surface area contributed by atoms with Crippen LogP contribution in [-0.4, -0.2) is 6.17 Å². The van der Waals surface area contributed by atoms with Crippen LogP contribution >= 0.6 is 0 Å². The van der Waals surface area contributed by atoms with E-state index in [2.05, 4.69) is 54.5 Å². The number of hydrogen-bond donors (Lipinski definition) is 0. The zero-order chi connectivity index (χ0) is 15.3. The summed E-state index contributed by atoms with van der Waals surface area (Å²) in [7, 11) is 0. The Morgan fingerprint density at radius 3 is 2.20 bits per heavy atom. The molecule has 2 aliphatic carbocycles. The van der Waals surface area contributed by atoms with Crippen molar-refractivity contribution < 1.29 is 4.39 Å². The Balaban J connectivity index is 2.47. The largest absolute Gasteiger partial charge is 0.247 e. The quantitative estimate of drug-likeness (QED) is 0.465. The molecule has 2 aliphatic rings. The molecule has 1 fully saturated rings. The molecule has 2 unspecified atom stereocenters.